The Kier molecular flexibility index (Phi) is 5.71. The van der Waals surface area contributed by atoms with Crippen molar-refractivity contribution in [1.82, 2.24) is 4.98 Å². The van der Waals surface area contributed by atoms with Crippen molar-refractivity contribution in [2.45, 2.75) is 20.8 Å². The molecule has 27 heavy (non-hydrogen) atoms. The third-order valence-corrected chi connectivity index (χ3v) is 4.22. The minimum absolute atomic E-state index is 0.193. The number of hydrogen-bond acceptors (Lipinski definition) is 4. The van der Waals surface area contributed by atoms with Crippen LogP contribution in [0.1, 0.15) is 28.4 Å². The van der Waals surface area contributed by atoms with E-state index in [0.717, 1.165) is 28.4 Å². The summed E-state index contributed by atoms with van der Waals surface area (Å²) in [6.07, 6.45) is 3.24. The van der Waals surface area contributed by atoms with Crippen molar-refractivity contribution in [3.63, 3.8) is 0 Å². The van der Waals surface area contributed by atoms with Gasteiger partial charge in [0.1, 0.15) is 5.75 Å². The molecule has 0 bridgehead atoms. The number of hydrogen-bond donors (Lipinski definition) is 2. The SMILES string of the molecule is CCOc1ccc(Nc2cncc(C(=O)Nc3ccc(C)c(C)c3)c2)cc1. The maximum Gasteiger partial charge on any atom is 0.257 e. The van der Waals surface area contributed by atoms with Crippen molar-refractivity contribution in [2.24, 2.45) is 0 Å². The van der Waals surface area contributed by atoms with Gasteiger partial charge in [-0.15, -0.1) is 0 Å². The number of aromatic nitrogens is 1. The largest absolute Gasteiger partial charge is 0.494 e. The first-order chi connectivity index (χ1) is 13.0. The molecule has 1 aromatic heterocycles. The quantitative estimate of drug-likeness (QED) is 0.642. The van der Waals surface area contributed by atoms with Gasteiger partial charge in [0.2, 0.25) is 0 Å². The Balaban J connectivity index is 1.70. The first kappa shape index (κ1) is 18.5. The predicted molar refractivity (Wildman–Crippen MR) is 109 cm³/mol. The van der Waals surface area contributed by atoms with Gasteiger partial charge in [0.25, 0.3) is 5.91 Å². The Bertz CT molecular complexity index is 937. The van der Waals surface area contributed by atoms with Crippen LogP contribution in [-0.4, -0.2) is 17.5 Å². The molecule has 5 heteroatoms. The molecule has 0 aliphatic heterocycles. The van der Waals surface area contributed by atoms with Crippen LogP contribution >= 0.6 is 0 Å². The van der Waals surface area contributed by atoms with Crippen LogP contribution in [0, 0.1) is 13.8 Å². The Morgan fingerprint density at radius 2 is 1.67 bits per heavy atom. The van der Waals surface area contributed by atoms with Gasteiger partial charge in [0, 0.05) is 17.6 Å². The number of nitrogens with one attached hydrogen (secondary N) is 2. The molecule has 1 amide bonds. The second-order valence-corrected chi connectivity index (χ2v) is 6.30. The lowest BCUT2D eigenvalue weighted by Crippen LogP contribution is -2.12. The van der Waals surface area contributed by atoms with E-state index in [9.17, 15) is 4.79 Å². The normalized spacial score (nSPS) is 10.3. The lowest BCUT2D eigenvalue weighted by atomic mass is 10.1. The van der Waals surface area contributed by atoms with Gasteiger partial charge < -0.3 is 15.4 Å². The highest BCUT2D eigenvalue weighted by Gasteiger charge is 2.08. The summed E-state index contributed by atoms with van der Waals surface area (Å²) < 4.78 is 5.44. The average molecular weight is 361 g/mol. The number of ether oxygens (including phenoxy) is 1. The Morgan fingerprint density at radius 1 is 0.926 bits per heavy atom. The summed E-state index contributed by atoms with van der Waals surface area (Å²) in [5, 5.41) is 6.17. The van der Waals surface area contributed by atoms with Gasteiger partial charge in [-0.3, -0.25) is 9.78 Å². The number of anilines is 3. The molecule has 1 heterocycles. The first-order valence-corrected chi connectivity index (χ1v) is 8.88. The summed E-state index contributed by atoms with van der Waals surface area (Å²) in [7, 11) is 0. The Hall–Kier alpha value is -3.34. The molecule has 3 rings (SSSR count). The molecule has 0 spiro atoms. The fraction of sp³-hybridized carbons (Fsp3) is 0.182. The predicted octanol–water partition coefficient (Wildman–Crippen LogP) is 5.09. The highest BCUT2D eigenvalue weighted by Crippen LogP contribution is 2.21. The van der Waals surface area contributed by atoms with E-state index in [-0.39, 0.29) is 5.91 Å². The van der Waals surface area contributed by atoms with Gasteiger partial charge >= 0.3 is 0 Å². The molecule has 2 aromatic carbocycles. The fourth-order valence-corrected chi connectivity index (χ4v) is 2.62. The van der Waals surface area contributed by atoms with Gasteiger partial charge in [-0.25, -0.2) is 0 Å². The first-order valence-electron chi connectivity index (χ1n) is 8.88. The van der Waals surface area contributed by atoms with Crippen LogP contribution in [0.3, 0.4) is 0 Å². The van der Waals surface area contributed by atoms with Gasteiger partial charge in [-0.1, -0.05) is 6.07 Å². The summed E-state index contributed by atoms with van der Waals surface area (Å²) in [5.41, 5.74) is 5.23. The van der Waals surface area contributed by atoms with Crippen molar-refractivity contribution in [3.8, 4) is 5.75 Å². The van der Waals surface area contributed by atoms with Crippen molar-refractivity contribution in [2.75, 3.05) is 17.2 Å². The number of nitrogens with zero attached hydrogens (tertiary/aromatic N) is 1. The maximum atomic E-state index is 12.5. The number of rotatable bonds is 6. The minimum atomic E-state index is -0.193. The van der Waals surface area contributed by atoms with Crippen LogP contribution in [0.5, 0.6) is 5.75 Å². The van der Waals surface area contributed by atoms with E-state index in [1.807, 2.05) is 63.2 Å². The van der Waals surface area contributed by atoms with E-state index in [4.69, 9.17) is 4.74 Å². The molecule has 0 atom stereocenters. The molecular formula is C22H23N3O2. The molecule has 2 N–H and O–H groups in total. The fourth-order valence-electron chi connectivity index (χ4n) is 2.62. The number of benzene rings is 2. The van der Waals surface area contributed by atoms with Crippen molar-refractivity contribution in [3.05, 3.63) is 77.6 Å². The monoisotopic (exact) mass is 361 g/mol. The molecule has 0 radical (unpaired) electrons. The molecule has 0 aliphatic carbocycles. The molecule has 0 saturated heterocycles. The summed E-state index contributed by atoms with van der Waals surface area (Å²) in [4.78, 5) is 16.7. The van der Waals surface area contributed by atoms with Crippen LogP contribution in [0.15, 0.2) is 60.9 Å². The Morgan fingerprint density at radius 3 is 2.37 bits per heavy atom. The zero-order chi connectivity index (χ0) is 19.2. The topological polar surface area (TPSA) is 63.2 Å². The Labute approximate surface area is 159 Å². The maximum absolute atomic E-state index is 12.5. The van der Waals surface area contributed by atoms with Crippen LogP contribution in [0.4, 0.5) is 17.1 Å². The molecule has 0 unspecified atom stereocenters. The smallest absolute Gasteiger partial charge is 0.257 e. The zero-order valence-corrected chi connectivity index (χ0v) is 15.7. The third kappa shape index (κ3) is 4.85. The molecule has 138 valence electrons. The van der Waals surface area contributed by atoms with E-state index in [1.54, 1.807) is 18.5 Å². The van der Waals surface area contributed by atoms with E-state index < -0.39 is 0 Å². The lowest BCUT2D eigenvalue weighted by molar-refractivity contribution is 0.102. The van der Waals surface area contributed by atoms with Gasteiger partial charge in [0.15, 0.2) is 0 Å². The van der Waals surface area contributed by atoms with Crippen LogP contribution in [-0.2, 0) is 0 Å². The highest BCUT2D eigenvalue weighted by atomic mass is 16.5. The molecule has 3 aromatic rings. The zero-order valence-electron chi connectivity index (χ0n) is 15.7. The van der Waals surface area contributed by atoms with E-state index in [0.29, 0.717) is 12.2 Å². The summed E-state index contributed by atoms with van der Waals surface area (Å²) in [6, 6.07) is 15.3. The average Bonchev–Trinajstić information content (AvgIpc) is 2.67. The van der Waals surface area contributed by atoms with Gasteiger partial charge in [0.05, 0.1) is 24.1 Å². The lowest BCUT2D eigenvalue weighted by Gasteiger charge is -2.10. The van der Waals surface area contributed by atoms with Gasteiger partial charge in [-0.2, -0.15) is 0 Å². The number of amides is 1. The molecule has 5 nitrogen and oxygen atoms in total. The van der Waals surface area contributed by atoms with Crippen LogP contribution < -0.4 is 15.4 Å². The van der Waals surface area contributed by atoms with E-state index in [2.05, 4.69) is 15.6 Å². The summed E-state index contributed by atoms with van der Waals surface area (Å²) in [6.45, 7) is 6.65. The van der Waals surface area contributed by atoms with E-state index in [1.165, 1.54) is 5.56 Å². The number of carbonyl (C=O) groups is 1. The van der Waals surface area contributed by atoms with Crippen molar-refractivity contribution >= 4 is 23.0 Å². The summed E-state index contributed by atoms with van der Waals surface area (Å²) in [5.74, 6) is 0.629. The van der Waals surface area contributed by atoms with Gasteiger partial charge in [-0.05, 0) is 74.4 Å². The molecule has 0 fully saturated rings. The molecular weight excluding hydrogens is 338 g/mol. The molecule has 0 saturated carbocycles. The third-order valence-electron chi connectivity index (χ3n) is 4.22. The van der Waals surface area contributed by atoms with Crippen molar-refractivity contribution in [1.29, 1.82) is 0 Å². The number of carbonyl (C=O) groups excluding carboxylic acids is 1. The van der Waals surface area contributed by atoms with Crippen LogP contribution in [0.25, 0.3) is 0 Å². The van der Waals surface area contributed by atoms with E-state index >= 15 is 0 Å². The summed E-state index contributed by atoms with van der Waals surface area (Å²) >= 11 is 0. The number of pyridine rings is 1. The standard InChI is InChI=1S/C22H23N3O2/c1-4-27-21-9-7-18(8-10-21)24-20-12-17(13-23-14-20)22(26)25-19-6-5-15(2)16(3)11-19/h5-14,24H,4H2,1-3H3,(H,25,26). The minimum Gasteiger partial charge on any atom is -0.494 e. The molecule has 0 aliphatic rings. The van der Waals surface area contributed by atoms with Crippen LogP contribution in [0.2, 0.25) is 0 Å². The second kappa shape index (κ2) is 8.36. The second-order valence-electron chi connectivity index (χ2n) is 6.30. The number of aryl methyl sites for hydroxylation is 2. The van der Waals surface area contributed by atoms with Crippen molar-refractivity contribution < 1.29 is 9.53 Å². The highest BCUT2D eigenvalue weighted by molar-refractivity contribution is 6.04.